The van der Waals surface area contributed by atoms with E-state index in [0.29, 0.717) is 18.5 Å². The molecular weight excluding hydrogens is 240 g/mol. The monoisotopic (exact) mass is 260 g/mol. The van der Waals surface area contributed by atoms with Gasteiger partial charge in [0.1, 0.15) is 5.75 Å². The molecule has 0 spiro atoms. The Bertz CT molecular complexity index is 450. The average molecular weight is 260 g/mol. The van der Waals surface area contributed by atoms with Crippen LogP contribution < -0.4 is 5.32 Å². The van der Waals surface area contributed by atoms with Crippen LogP contribution in [0.3, 0.4) is 0 Å². The van der Waals surface area contributed by atoms with Gasteiger partial charge in [-0.3, -0.25) is 0 Å². The summed E-state index contributed by atoms with van der Waals surface area (Å²) >= 11 is 0. The van der Waals surface area contributed by atoms with Crippen molar-refractivity contribution in [2.24, 2.45) is 5.92 Å². The van der Waals surface area contributed by atoms with E-state index in [9.17, 15) is 9.90 Å². The molecule has 0 aliphatic heterocycles. The fraction of sp³-hybridized carbons (Fsp3) is 0.533. The van der Waals surface area contributed by atoms with Crippen molar-refractivity contribution in [2.45, 2.75) is 38.3 Å². The highest BCUT2D eigenvalue weighted by molar-refractivity contribution is 5.75. The van der Waals surface area contributed by atoms with Crippen molar-refractivity contribution in [1.82, 2.24) is 10.2 Å². The molecule has 1 aromatic rings. The summed E-state index contributed by atoms with van der Waals surface area (Å²) in [7, 11) is 0. The van der Waals surface area contributed by atoms with Crippen LogP contribution in [0.15, 0.2) is 24.3 Å². The Balaban J connectivity index is 1.63. The number of hydrogen-bond donors (Lipinski definition) is 2. The van der Waals surface area contributed by atoms with Gasteiger partial charge in [0.15, 0.2) is 0 Å². The average Bonchev–Trinajstić information content (AvgIpc) is 3.26. The molecule has 2 aliphatic rings. The molecule has 0 atom stereocenters. The molecule has 0 radical (unpaired) electrons. The van der Waals surface area contributed by atoms with Gasteiger partial charge in [0, 0.05) is 19.1 Å². The predicted octanol–water partition coefficient (Wildman–Crippen LogP) is 2.48. The fourth-order valence-corrected chi connectivity index (χ4v) is 2.15. The molecule has 0 heterocycles. The van der Waals surface area contributed by atoms with Crippen LogP contribution in [0.25, 0.3) is 0 Å². The van der Waals surface area contributed by atoms with Gasteiger partial charge in [-0.15, -0.1) is 0 Å². The topological polar surface area (TPSA) is 52.6 Å². The Hall–Kier alpha value is -1.71. The summed E-state index contributed by atoms with van der Waals surface area (Å²) in [6.07, 6.45) is 4.70. The largest absolute Gasteiger partial charge is 0.508 e. The maximum atomic E-state index is 12.2. The van der Waals surface area contributed by atoms with Crippen LogP contribution in [0.4, 0.5) is 4.79 Å². The molecule has 2 fully saturated rings. The van der Waals surface area contributed by atoms with E-state index in [-0.39, 0.29) is 11.8 Å². The number of phenolic OH excluding ortho intramolecular Hbond substituents is 1. The number of nitrogens with zero attached hydrogens (tertiary/aromatic N) is 1. The van der Waals surface area contributed by atoms with E-state index in [1.165, 1.54) is 12.8 Å². The summed E-state index contributed by atoms with van der Waals surface area (Å²) in [6, 6.07) is 7.54. The van der Waals surface area contributed by atoms with Gasteiger partial charge in [0.05, 0.1) is 0 Å². The zero-order valence-corrected chi connectivity index (χ0v) is 11.0. The lowest BCUT2D eigenvalue weighted by Crippen LogP contribution is -2.41. The van der Waals surface area contributed by atoms with Crippen LogP contribution >= 0.6 is 0 Å². The Morgan fingerprint density at radius 1 is 1.21 bits per heavy atom. The zero-order valence-electron chi connectivity index (χ0n) is 11.0. The Kier molecular flexibility index (Phi) is 3.32. The van der Waals surface area contributed by atoms with Crippen molar-refractivity contribution in [3.8, 4) is 5.75 Å². The third kappa shape index (κ3) is 3.63. The van der Waals surface area contributed by atoms with Gasteiger partial charge >= 0.3 is 6.03 Å². The van der Waals surface area contributed by atoms with Gasteiger partial charge < -0.3 is 15.3 Å². The second kappa shape index (κ2) is 5.11. The van der Waals surface area contributed by atoms with Gasteiger partial charge in [-0.2, -0.15) is 0 Å². The van der Waals surface area contributed by atoms with Gasteiger partial charge in [-0.05, 0) is 49.3 Å². The Labute approximate surface area is 113 Å². The van der Waals surface area contributed by atoms with Crippen LogP contribution in [0.2, 0.25) is 0 Å². The van der Waals surface area contributed by atoms with Crippen molar-refractivity contribution in [1.29, 1.82) is 0 Å². The number of carbonyl (C=O) groups is 1. The molecule has 2 aliphatic carbocycles. The van der Waals surface area contributed by atoms with Crippen LogP contribution in [0, 0.1) is 5.92 Å². The summed E-state index contributed by atoms with van der Waals surface area (Å²) in [5.41, 5.74) is 1.06. The molecule has 1 aromatic carbocycles. The normalized spacial score (nSPS) is 18.1. The number of aromatic hydroxyl groups is 1. The molecule has 3 rings (SSSR count). The van der Waals surface area contributed by atoms with Crippen molar-refractivity contribution in [3.63, 3.8) is 0 Å². The summed E-state index contributed by atoms with van der Waals surface area (Å²) in [6.45, 7) is 1.47. The maximum Gasteiger partial charge on any atom is 0.317 e. The number of hydrogen-bond acceptors (Lipinski definition) is 2. The van der Waals surface area contributed by atoms with Gasteiger partial charge in [-0.25, -0.2) is 4.79 Å². The molecule has 102 valence electrons. The summed E-state index contributed by atoms with van der Waals surface area (Å²) < 4.78 is 0. The van der Waals surface area contributed by atoms with Crippen LogP contribution in [0.5, 0.6) is 5.75 Å². The SMILES string of the molecule is O=C(NC1CC1)N(Cc1ccc(O)cc1)CC1CC1. The van der Waals surface area contributed by atoms with Gasteiger partial charge in [0.25, 0.3) is 0 Å². The molecule has 2 saturated carbocycles. The minimum atomic E-state index is 0.0578. The van der Waals surface area contributed by atoms with Gasteiger partial charge in [0.2, 0.25) is 0 Å². The van der Waals surface area contributed by atoms with Crippen LogP contribution in [0.1, 0.15) is 31.2 Å². The molecule has 0 bridgehead atoms. The molecule has 2 N–H and O–H groups in total. The number of rotatable bonds is 5. The van der Waals surface area contributed by atoms with E-state index in [1.807, 2.05) is 17.0 Å². The number of nitrogens with one attached hydrogen (secondary N) is 1. The molecule has 0 aromatic heterocycles. The molecule has 4 nitrogen and oxygen atoms in total. The highest BCUT2D eigenvalue weighted by Crippen LogP contribution is 2.30. The van der Waals surface area contributed by atoms with Crippen molar-refractivity contribution >= 4 is 6.03 Å². The Morgan fingerprint density at radius 2 is 1.89 bits per heavy atom. The standard InChI is InChI=1S/C15H20N2O2/c18-14-7-3-12(4-8-14)10-17(9-11-1-2-11)15(19)16-13-5-6-13/h3-4,7-8,11,13,18H,1-2,5-6,9-10H2,(H,16,19). The molecule has 0 saturated heterocycles. The number of benzene rings is 1. The van der Waals surface area contributed by atoms with Crippen molar-refractivity contribution in [2.75, 3.05) is 6.54 Å². The summed E-state index contributed by atoms with van der Waals surface area (Å²) in [4.78, 5) is 14.1. The van der Waals surface area contributed by atoms with Crippen molar-refractivity contribution < 1.29 is 9.90 Å². The number of phenols is 1. The maximum absolute atomic E-state index is 12.2. The third-order valence-corrected chi connectivity index (χ3v) is 3.68. The molecule has 2 amide bonds. The van der Waals surface area contributed by atoms with E-state index >= 15 is 0 Å². The fourth-order valence-electron chi connectivity index (χ4n) is 2.15. The highest BCUT2D eigenvalue weighted by atomic mass is 16.3. The van der Waals surface area contributed by atoms with E-state index in [0.717, 1.165) is 24.9 Å². The summed E-state index contributed by atoms with van der Waals surface area (Å²) in [5.74, 6) is 0.946. The van der Waals surface area contributed by atoms with E-state index in [1.54, 1.807) is 12.1 Å². The highest BCUT2D eigenvalue weighted by Gasteiger charge is 2.30. The first-order chi connectivity index (χ1) is 9.20. The van der Waals surface area contributed by atoms with E-state index in [4.69, 9.17) is 0 Å². The number of carbonyl (C=O) groups excluding carboxylic acids is 1. The van der Waals surface area contributed by atoms with Crippen molar-refractivity contribution in [3.05, 3.63) is 29.8 Å². The number of urea groups is 1. The minimum absolute atomic E-state index is 0.0578. The summed E-state index contributed by atoms with van der Waals surface area (Å²) in [5, 5.41) is 12.3. The lowest BCUT2D eigenvalue weighted by molar-refractivity contribution is 0.192. The molecule has 19 heavy (non-hydrogen) atoms. The second-order valence-electron chi connectivity index (χ2n) is 5.71. The Morgan fingerprint density at radius 3 is 2.47 bits per heavy atom. The lowest BCUT2D eigenvalue weighted by atomic mass is 10.2. The minimum Gasteiger partial charge on any atom is -0.508 e. The quantitative estimate of drug-likeness (QED) is 0.854. The first-order valence-corrected chi connectivity index (χ1v) is 7.04. The van der Waals surface area contributed by atoms with Gasteiger partial charge in [-0.1, -0.05) is 12.1 Å². The number of amides is 2. The molecule has 4 heteroatoms. The van der Waals surface area contributed by atoms with E-state index in [2.05, 4.69) is 5.32 Å². The zero-order chi connectivity index (χ0) is 13.2. The van der Waals surface area contributed by atoms with E-state index < -0.39 is 0 Å². The first-order valence-electron chi connectivity index (χ1n) is 7.04. The smallest absolute Gasteiger partial charge is 0.317 e. The van der Waals surface area contributed by atoms with Crippen LogP contribution in [-0.2, 0) is 6.54 Å². The molecular formula is C15H20N2O2. The second-order valence-corrected chi connectivity index (χ2v) is 5.71. The predicted molar refractivity (Wildman–Crippen MR) is 72.8 cm³/mol. The molecule has 0 unspecified atom stereocenters. The lowest BCUT2D eigenvalue weighted by Gasteiger charge is -2.23. The third-order valence-electron chi connectivity index (χ3n) is 3.68. The first kappa shape index (κ1) is 12.3. The van der Waals surface area contributed by atoms with Crippen LogP contribution in [-0.4, -0.2) is 28.6 Å².